The van der Waals surface area contributed by atoms with Crippen LogP contribution >= 0.6 is 0 Å². The van der Waals surface area contributed by atoms with E-state index in [4.69, 9.17) is 5.26 Å². The molecule has 0 bridgehead atoms. The number of carbonyl (C=O) groups excluding carboxylic acids is 1. The van der Waals surface area contributed by atoms with Crippen LogP contribution in [0.5, 0.6) is 0 Å². The maximum Gasteiger partial charge on any atom is 0.150 e. The Labute approximate surface area is 114 Å². The summed E-state index contributed by atoms with van der Waals surface area (Å²) in [4.78, 5) is 11.9. The van der Waals surface area contributed by atoms with Gasteiger partial charge in [0.2, 0.25) is 0 Å². The van der Waals surface area contributed by atoms with Gasteiger partial charge in [0, 0.05) is 18.3 Å². The van der Waals surface area contributed by atoms with Gasteiger partial charge >= 0.3 is 0 Å². The molecule has 0 saturated heterocycles. The number of benzene rings is 2. The predicted molar refractivity (Wildman–Crippen MR) is 71.0 cm³/mol. The molecule has 0 spiro atoms. The summed E-state index contributed by atoms with van der Waals surface area (Å²) in [5.74, 6) is -1.67. The Morgan fingerprint density at radius 1 is 1.20 bits per heavy atom. The molecular weight excluding hydrogens is 262 g/mol. The molecule has 3 nitrogen and oxygen atoms in total. The molecule has 2 rings (SSSR count). The van der Waals surface area contributed by atoms with Crippen LogP contribution in [0.25, 0.3) is 0 Å². The molecule has 0 fully saturated rings. The number of halogens is 2. The van der Waals surface area contributed by atoms with Gasteiger partial charge in [-0.15, -0.1) is 0 Å². The Kier molecular flexibility index (Phi) is 3.76. The molecule has 2 aromatic carbocycles. The topological polar surface area (TPSA) is 44.1 Å². The lowest BCUT2D eigenvalue weighted by Crippen LogP contribution is -2.13. The SMILES string of the molecule is CN(c1cccc(C#N)c1)c1c(F)cc(C=O)cc1F. The lowest BCUT2D eigenvalue weighted by atomic mass is 10.1. The second kappa shape index (κ2) is 5.49. The molecule has 0 aliphatic heterocycles. The van der Waals surface area contributed by atoms with Crippen molar-refractivity contribution in [1.82, 2.24) is 0 Å². The third-order valence-corrected chi connectivity index (χ3v) is 2.87. The zero-order valence-corrected chi connectivity index (χ0v) is 10.6. The highest BCUT2D eigenvalue weighted by Crippen LogP contribution is 2.30. The maximum atomic E-state index is 13.9. The van der Waals surface area contributed by atoms with E-state index in [1.54, 1.807) is 18.2 Å². The molecule has 0 amide bonds. The highest BCUT2D eigenvalue weighted by atomic mass is 19.1. The first-order valence-electron chi connectivity index (χ1n) is 5.75. The summed E-state index contributed by atoms with van der Waals surface area (Å²) in [7, 11) is 1.48. The van der Waals surface area contributed by atoms with Gasteiger partial charge in [-0.1, -0.05) is 6.07 Å². The van der Waals surface area contributed by atoms with E-state index in [1.807, 2.05) is 6.07 Å². The lowest BCUT2D eigenvalue weighted by Gasteiger charge is -2.21. The fraction of sp³-hybridized carbons (Fsp3) is 0.0667. The number of nitrogens with zero attached hydrogens (tertiary/aromatic N) is 2. The Morgan fingerprint density at radius 3 is 2.40 bits per heavy atom. The van der Waals surface area contributed by atoms with Gasteiger partial charge < -0.3 is 4.90 Å². The highest BCUT2D eigenvalue weighted by molar-refractivity contribution is 5.77. The molecule has 0 N–H and O–H groups in total. The van der Waals surface area contributed by atoms with Crippen LogP contribution < -0.4 is 4.90 Å². The molecule has 20 heavy (non-hydrogen) atoms. The van der Waals surface area contributed by atoms with Crippen LogP contribution in [-0.4, -0.2) is 13.3 Å². The zero-order chi connectivity index (χ0) is 14.7. The first-order chi connectivity index (χ1) is 9.56. The Balaban J connectivity index is 2.50. The van der Waals surface area contributed by atoms with E-state index in [-0.39, 0.29) is 11.3 Å². The minimum Gasteiger partial charge on any atom is -0.340 e. The highest BCUT2D eigenvalue weighted by Gasteiger charge is 2.16. The minimum atomic E-state index is -0.836. The zero-order valence-electron chi connectivity index (χ0n) is 10.6. The largest absolute Gasteiger partial charge is 0.340 e. The number of anilines is 2. The summed E-state index contributed by atoms with van der Waals surface area (Å²) >= 11 is 0. The second-order valence-corrected chi connectivity index (χ2v) is 4.17. The maximum absolute atomic E-state index is 13.9. The van der Waals surface area contributed by atoms with Crippen LogP contribution in [0.3, 0.4) is 0 Å². The Morgan fingerprint density at radius 2 is 1.85 bits per heavy atom. The molecule has 0 aliphatic carbocycles. The fourth-order valence-electron chi connectivity index (χ4n) is 1.89. The number of hydrogen-bond acceptors (Lipinski definition) is 3. The van der Waals surface area contributed by atoms with Crippen LogP contribution in [0, 0.1) is 23.0 Å². The van der Waals surface area contributed by atoms with Crippen LogP contribution in [0.4, 0.5) is 20.2 Å². The smallest absolute Gasteiger partial charge is 0.150 e. The fourth-order valence-corrected chi connectivity index (χ4v) is 1.89. The van der Waals surface area contributed by atoms with E-state index in [1.165, 1.54) is 18.0 Å². The van der Waals surface area contributed by atoms with Gasteiger partial charge in [-0.05, 0) is 30.3 Å². The van der Waals surface area contributed by atoms with Crippen molar-refractivity contribution < 1.29 is 13.6 Å². The van der Waals surface area contributed by atoms with Gasteiger partial charge in [-0.2, -0.15) is 5.26 Å². The van der Waals surface area contributed by atoms with Crippen molar-refractivity contribution >= 4 is 17.7 Å². The van der Waals surface area contributed by atoms with Crippen LogP contribution in [0.2, 0.25) is 0 Å². The minimum absolute atomic E-state index is 0.0667. The first kappa shape index (κ1) is 13.7. The van der Waals surface area contributed by atoms with Crippen molar-refractivity contribution in [2.45, 2.75) is 0 Å². The number of nitriles is 1. The van der Waals surface area contributed by atoms with Crippen LogP contribution in [0.1, 0.15) is 15.9 Å². The Bertz CT molecular complexity index is 684. The number of carbonyl (C=O) groups is 1. The van der Waals surface area contributed by atoms with Crippen molar-refractivity contribution in [1.29, 1.82) is 5.26 Å². The van der Waals surface area contributed by atoms with E-state index in [2.05, 4.69) is 0 Å². The van der Waals surface area contributed by atoms with Gasteiger partial charge in [0.25, 0.3) is 0 Å². The van der Waals surface area contributed by atoms with E-state index < -0.39 is 11.6 Å². The number of aldehydes is 1. The molecule has 0 unspecified atom stereocenters. The van der Waals surface area contributed by atoms with Crippen molar-refractivity contribution in [3.8, 4) is 6.07 Å². The molecule has 0 aliphatic rings. The molecule has 0 heterocycles. The van der Waals surface area contributed by atoms with Gasteiger partial charge in [0.05, 0.1) is 11.6 Å². The average molecular weight is 272 g/mol. The second-order valence-electron chi connectivity index (χ2n) is 4.17. The third kappa shape index (κ3) is 2.50. The molecule has 100 valence electrons. The summed E-state index contributed by atoms with van der Waals surface area (Å²) in [5.41, 5.74) is 0.522. The van der Waals surface area contributed by atoms with Crippen LogP contribution in [0.15, 0.2) is 36.4 Å². The summed E-state index contributed by atoms with van der Waals surface area (Å²) in [6, 6.07) is 10.3. The Hall–Kier alpha value is -2.74. The molecule has 0 aromatic heterocycles. The first-order valence-corrected chi connectivity index (χ1v) is 5.75. The average Bonchev–Trinajstić information content (AvgIpc) is 2.46. The van der Waals surface area contributed by atoms with Gasteiger partial charge in [0.1, 0.15) is 12.0 Å². The predicted octanol–water partition coefficient (Wildman–Crippen LogP) is 3.42. The monoisotopic (exact) mass is 272 g/mol. The van der Waals surface area contributed by atoms with Crippen molar-refractivity contribution in [2.75, 3.05) is 11.9 Å². The van der Waals surface area contributed by atoms with E-state index in [0.29, 0.717) is 17.5 Å². The standard InChI is InChI=1S/C15H10F2N2O/c1-19(12-4-2-3-10(5-12)8-18)15-13(16)6-11(9-20)7-14(15)17/h2-7,9H,1H3. The van der Waals surface area contributed by atoms with Crippen molar-refractivity contribution in [3.63, 3.8) is 0 Å². The third-order valence-electron chi connectivity index (χ3n) is 2.87. The summed E-state index contributed by atoms with van der Waals surface area (Å²) < 4.78 is 27.8. The van der Waals surface area contributed by atoms with E-state index in [0.717, 1.165) is 12.1 Å². The molecule has 0 radical (unpaired) electrons. The van der Waals surface area contributed by atoms with E-state index >= 15 is 0 Å². The quantitative estimate of drug-likeness (QED) is 0.804. The molecule has 5 heteroatoms. The summed E-state index contributed by atoms with van der Waals surface area (Å²) in [6.45, 7) is 0. The summed E-state index contributed by atoms with van der Waals surface area (Å²) in [6.07, 6.45) is 0.381. The molecule has 2 aromatic rings. The number of rotatable bonds is 3. The van der Waals surface area contributed by atoms with Gasteiger partial charge in [-0.3, -0.25) is 4.79 Å². The molecule has 0 saturated carbocycles. The normalized spacial score (nSPS) is 9.90. The number of hydrogen-bond donors (Lipinski definition) is 0. The van der Waals surface area contributed by atoms with Gasteiger partial charge in [-0.25, -0.2) is 8.78 Å². The van der Waals surface area contributed by atoms with Gasteiger partial charge in [0.15, 0.2) is 11.6 Å². The molecule has 0 atom stereocenters. The lowest BCUT2D eigenvalue weighted by molar-refractivity contribution is 0.112. The molecular formula is C15H10F2N2O. The van der Waals surface area contributed by atoms with Crippen molar-refractivity contribution in [2.24, 2.45) is 0 Å². The summed E-state index contributed by atoms with van der Waals surface area (Å²) in [5, 5.41) is 8.84. The van der Waals surface area contributed by atoms with Crippen molar-refractivity contribution in [3.05, 3.63) is 59.2 Å². The van der Waals surface area contributed by atoms with E-state index in [9.17, 15) is 13.6 Å². The van der Waals surface area contributed by atoms with Crippen LogP contribution in [-0.2, 0) is 0 Å².